The van der Waals surface area contributed by atoms with Crippen LogP contribution in [0.4, 0.5) is 0 Å². The monoisotopic (exact) mass is 504 g/mol. The first-order valence-corrected chi connectivity index (χ1v) is 10.9. The summed E-state index contributed by atoms with van der Waals surface area (Å²) in [5.74, 6) is -4.79. The van der Waals surface area contributed by atoms with E-state index in [2.05, 4.69) is 25.9 Å². The minimum absolute atomic E-state index is 0.0683. The molecule has 0 fully saturated rings. The molecule has 0 radical (unpaired) electrons. The minimum atomic E-state index is -1.48. The van der Waals surface area contributed by atoms with E-state index in [9.17, 15) is 34.2 Å². The number of imidazole rings is 1. The molecule has 194 valence electrons. The molecule has 2 rings (SSSR count). The number of benzene rings is 1. The third-order valence-corrected chi connectivity index (χ3v) is 5.04. The third kappa shape index (κ3) is 9.42. The normalized spacial score (nSPS) is 13.1. The van der Waals surface area contributed by atoms with Gasteiger partial charge in [0.05, 0.1) is 18.9 Å². The summed E-state index contributed by atoms with van der Waals surface area (Å²) in [6.45, 7) is -0.504. The second kappa shape index (κ2) is 13.4. The first kappa shape index (κ1) is 27.8. The number of aromatic nitrogens is 2. The van der Waals surface area contributed by atoms with Gasteiger partial charge in [-0.05, 0) is 30.5 Å². The van der Waals surface area contributed by atoms with Crippen molar-refractivity contribution in [3.05, 3.63) is 48.0 Å². The molecular weight excluding hydrogens is 476 g/mol. The van der Waals surface area contributed by atoms with E-state index in [-0.39, 0.29) is 25.0 Å². The SMILES string of the molecule is NC(Cc1ccc(O)cc1)C(=O)NCC(=O)NC(Cc1cnc[nH]1)C(=O)NC(CCC(=O)O)C(=O)O. The number of aromatic hydroxyl groups is 1. The van der Waals surface area contributed by atoms with Crippen molar-refractivity contribution in [1.29, 1.82) is 0 Å². The fourth-order valence-corrected chi connectivity index (χ4v) is 3.15. The summed E-state index contributed by atoms with van der Waals surface area (Å²) in [5, 5.41) is 34.4. The number of carbonyl (C=O) groups is 5. The van der Waals surface area contributed by atoms with Crippen molar-refractivity contribution in [2.45, 2.75) is 43.8 Å². The van der Waals surface area contributed by atoms with E-state index in [1.54, 1.807) is 12.1 Å². The molecule has 36 heavy (non-hydrogen) atoms. The molecule has 14 nitrogen and oxygen atoms in total. The molecule has 1 aromatic heterocycles. The lowest BCUT2D eigenvalue weighted by Gasteiger charge is -2.21. The molecule has 1 aromatic carbocycles. The molecule has 0 spiro atoms. The highest BCUT2D eigenvalue weighted by Gasteiger charge is 2.28. The van der Waals surface area contributed by atoms with Crippen LogP contribution < -0.4 is 21.7 Å². The molecule has 0 bridgehead atoms. The third-order valence-electron chi connectivity index (χ3n) is 5.04. The van der Waals surface area contributed by atoms with Crippen LogP contribution in [0.5, 0.6) is 5.75 Å². The van der Waals surface area contributed by atoms with Crippen LogP contribution in [0.1, 0.15) is 24.1 Å². The molecule has 0 saturated heterocycles. The van der Waals surface area contributed by atoms with Gasteiger partial charge in [0.1, 0.15) is 17.8 Å². The lowest BCUT2D eigenvalue weighted by atomic mass is 10.1. The Morgan fingerprint density at radius 3 is 2.25 bits per heavy atom. The van der Waals surface area contributed by atoms with E-state index in [4.69, 9.17) is 10.8 Å². The Bertz CT molecular complexity index is 1060. The fourth-order valence-electron chi connectivity index (χ4n) is 3.15. The number of hydrogen-bond donors (Lipinski definition) is 8. The maximum Gasteiger partial charge on any atom is 0.326 e. The lowest BCUT2D eigenvalue weighted by molar-refractivity contribution is -0.143. The Morgan fingerprint density at radius 2 is 1.67 bits per heavy atom. The van der Waals surface area contributed by atoms with Gasteiger partial charge >= 0.3 is 11.9 Å². The van der Waals surface area contributed by atoms with Gasteiger partial charge in [-0.3, -0.25) is 19.2 Å². The largest absolute Gasteiger partial charge is 0.508 e. The van der Waals surface area contributed by atoms with Crippen molar-refractivity contribution in [2.75, 3.05) is 6.54 Å². The van der Waals surface area contributed by atoms with E-state index in [1.165, 1.54) is 24.7 Å². The van der Waals surface area contributed by atoms with E-state index < -0.39 is 60.8 Å². The number of phenolic OH excluding ortho intramolecular Hbond substituents is 1. The van der Waals surface area contributed by atoms with Crippen LogP contribution >= 0.6 is 0 Å². The fraction of sp³-hybridized carbons (Fsp3) is 0.364. The van der Waals surface area contributed by atoms with Crippen LogP contribution in [-0.4, -0.2) is 79.6 Å². The molecule has 0 saturated carbocycles. The Kier molecular flexibility index (Phi) is 10.4. The number of carbonyl (C=O) groups excluding carboxylic acids is 3. The summed E-state index contributed by atoms with van der Waals surface area (Å²) in [7, 11) is 0. The molecule has 0 aliphatic heterocycles. The zero-order chi connectivity index (χ0) is 26.7. The molecule has 3 atom stereocenters. The summed E-state index contributed by atoms with van der Waals surface area (Å²) >= 11 is 0. The van der Waals surface area contributed by atoms with Gasteiger partial charge < -0.3 is 42.0 Å². The van der Waals surface area contributed by atoms with Crippen molar-refractivity contribution < 1.29 is 39.3 Å². The number of carboxylic acids is 2. The Hall–Kier alpha value is -4.46. The standard InChI is InChI=1S/C22H28N6O8/c23-15(7-12-1-3-14(29)4-2-12)20(33)25-10-18(30)27-17(8-13-9-24-11-26-13)21(34)28-16(22(35)36)5-6-19(31)32/h1-4,9,11,15-17,29H,5-8,10,23H2,(H,24,26)(H,25,33)(H,27,30)(H,28,34)(H,31,32)(H,35,36). The number of phenols is 1. The zero-order valence-electron chi connectivity index (χ0n) is 19.1. The number of nitrogens with one attached hydrogen (secondary N) is 4. The number of carboxylic acid groups (broad SMARTS) is 2. The van der Waals surface area contributed by atoms with Crippen molar-refractivity contribution in [3.63, 3.8) is 0 Å². The van der Waals surface area contributed by atoms with Crippen molar-refractivity contribution in [1.82, 2.24) is 25.9 Å². The van der Waals surface area contributed by atoms with Crippen molar-refractivity contribution in [2.24, 2.45) is 5.73 Å². The Balaban J connectivity index is 1.96. The van der Waals surface area contributed by atoms with Crippen LogP contribution in [0.15, 0.2) is 36.8 Å². The predicted octanol–water partition coefficient (Wildman–Crippen LogP) is -1.74. The summed E-state index contributed by atoms with van der Waals surface area (Å²) < 4.78 is 0. The average molecular weight is 505 g/mol. The van der Waals surface area contributed by atoms with Crippen LogP contribution in [-0.2, 0) is 36.8 Å². The number of aliphatic carboxylic acids is 2. The van der Waals surface area contributed by atoms with E-state index in [0.717, 1.165) is 0 Å². The predicted molar refractivity (Wildman–Crippen MR) is 123 cm³/mol. The van der Waals surface area contributed by atoms with Gasteiger partial charge in [-0.25, -0.2) is 9.78 Å². The molecule has 3 unspecified atom stereocenters. The molecule has 2 aromatic rings. The van der Waals surface area contributed by atoms with Gasteiger partial charge in [0.25, 0.3) is 0 Å². The van der Waals surface area contributed by atoms with Crippen LogP contribution in [0.25, 0.3) is 0 Å². The number of hydrogen-bond acceptors (Lipinski definition) is 8. The van der Waals surface area contributed by atoms with Crippen molar-refractivity contribution in [3.8, 4) is 5.75 Å². The van der Waals surface area contributed by atoms with Gasteiger partial charge in [0.2, 0.25) is 17.7 Å². The Labute approximate surface area is 205 Å². The second-order valence-corrected chi connectivity index (χ2v) is 7.93. The van der Waals surface area contributed by atoms with Crippen LogP contribution in [0.2, 0.25) is 0 Å². The first-order chi connectivity index (χ1) is 17.0. The molecule has 1 heterocycles. The molecule has 3 amide bonds. The molecule has 9 N–H and O–H groups in total. The van der Waals surface area contributed by atoms with E-state index in [0.29, 0.717) is 11.3 Å². The van der Waals surface area contributed by atoms with Crippen molar-refractivity contribution >= 4 is 29.7 Å². The summed E-state index contributed by atoms with van der Waals surface area (Å²) in [6, 6.07) is 2.42. The maximum atomic E-state index is 12.7. The lowest BCUT2D eigenvalue weighted by Crippen LogP contribution is -2.54. The van der Waals surface area contributed by atoms with Gasteiger partial charge in [0.15, 0.2) is 0 Å². The minimum Gasteiger partial charge on any atom is -0.508 e. The first-order valence-electron chi connectivity index (χ1n) is 10.9. The molecule has 14 heteroatoms. The molecule has 0 aliphatic rings. The number of nitrogens with two attached hydrogens (primary N) is 1. The van der Waals surface area contributed by atoms with Gasteiger partial charge in [0, 0.05) is 24.7 Å². The summed E-state index contributed by atoms with van der Waals surface area (Å²) in [4.78, 5) is 66.2. The summed E-state index contributed by atoms with van der Waals surface area (Å²) in [5.41, 5.74) is 7.03. The van der Waals surface area contributed by atoms with Gasteiger partial charge in [-0.1, -0.05) is 12.1 Å². The highest BCUT2D eigenvalue weighted by molar-refractivity contribution is 5.92. The smallest absolute Gasteiger partial charge is 0.326 e. The summed E-state index contributed by atoms with van der Waals surface area (Å²) in [6.07, 6.45) is 2.02. The second-order valence-electron chi connectivity index (χ2n) is 7.93. The quantitative estimate of drug-likeness (QED) is 0.144. The van der Waals surface area contributed by atoms with E-state index in [1.807, 2.05) is 0 Å². The number of amides is 3. The topological polar surface area (TPSA) is 237 Å². The van der Waals surface area contributed by atoms with Gasteiger partial charge in [-0.2, -0.15) is 0 Å². The van der Waals surface area contributed by atoms with Crippen LogP contribution in [0, 0.1) is 0 Å². The average Bonchev–Trinajstić information content (AvgIpc) is 3.33. The number of H-pyrrole nitrogens is 1. The van der Waals surface area contributed by atoms with Crippen LogP contribution in [0.3, 0.4) is 0 Å². The number of aromatic amines is 1. The number of rotatable bonds is 14. The number of nitrogens with zero attached hydrogens (tertiary/aromatic N) is 1. The molecular formula is C22H28N6O8. The van der Waals surface area contributed by atoms with E-state index >= 15 is 0 Å². The maximum absolute atomic E-state index is 12.7. The Morgan fingerprint density at radius 1 is 0.972 bits per heavy atom. The highest BCUT2D eigenvalue weighted by Crippen LogP contribution is 2.11. The highest BCUT2D eigenvalue weighted by atomic mass is 16.4. The molecule has 0 aliphatic carbocycles. The zero-order valence-corrected chi connectivity index (χ0v) is 19.1. The van der Waals surface area contributed by atoms with Gasteiger partial charge in [-0.15, -0.1) is 0 Å².